The van der Waals surface area contributed by atoms with Gasteiger partial charge in [0, 0.05) is 38.8 Å². The lowest BCUT2D eigenvalue weighted by Crippen LogP contribution is -2.51. The fourth-order valence-electron chi connectivity index (χ4n) is 3.84. The summed E-state index contributed by atoms with van der Waals surface area (Å²) in [5, 5.41) is 9.45. The molecule has 5 rings (SSSR count). The first-order valence-electron chi connectivity index (χ1n) is 9.68. The predicted octanol–water partition coefficient (Wildman–Crippen LogP) is -0.746. The third kappa shape index (κ3) is 2.76. The lowest BCUT2D eigenvalue weighted by atomic mass is 10.3. The number of piperazine rings is 1. The summed E-state index contributed by atoms with van der Waals surface area (Å²) in [6.45, 7) is 11.4. The maximum absolute atomic E-state index is 6.23. The largest absolute Gasteiger partial charge is 0.361 e. The second kappa shape index (κ2) is 6.64. The van der Waals surface area contributed by atoms with Crippen LogP contribution in [0.1, 0.15) is 18.4 Å². The maximum Gasteiger partial charge on any atom is 0.325 e. The molecule has 0 radical (unpaired) electrons. The highest BCUT2D eigenvalue weighted by Gasteiger charge is 2.26. The van der Waals surface area contributed by atoms with E-state index in [0.29, 0.717) is 17.5 Å². The molecule has 0 atom stereocenters. The number of aryl methyl sites for hydroxylation is 1. The molecule has 10 nitrogen and oxygen atoms in total. The first kappa shape index (κ1) is 17.3. The third-order valence-corrected chi connectivity index (χ3v) is 5.53. The Morgan fingerprint density at radius 3 is 2.68 bits per heavy atom. The Balaban J connectivity index is 1.40. The number of nitrogen functional groups attached to an aromatic ring is 1. The molecule has 146 valence electrons. The van der Waals surface area contributed by atoms with Gasteiger partial charge in [0.05, 0.1) is 12.7 Å². The third-order valence-electron chi connectivity index (χ3n) is 5.53. The van der Waals surface area contributed by atoms with Gasteiger partial charge in [0.1, 0.15) is 11.1 Å². The smallest absolute Gasteiger partial charge is 0.325 e. The van der Waals surface area contributed by atoms with Crippen molar-refractivity contribution in [2.24, 2.45) is 4.99 Å². The molecule has 0 aliphatic carbocycles. The molecule has 28 heavy (non-hydrogen) atoms. The monoisotopic (exact) mass is 382 g/mol. The summed E-state index contributed by atoms with van der Waals surface area (Å²) in [4.78, 5) is 14.2. The van der Waals surface area contributed by atoms with E-state index >= 15 is 0 Å². The van der Waals surface area contributed by atoms with Crippen molar-refractivity contribution < 1.29 is 8.77 Å². The number of anilines is 1. The van der Waals surface area contributed by atoms with Crippen LogP contribution in [-0.4, -0.2) is 69.0 Å². The van der Waals surface area contributed by atoms with Gasteiger partial charge in [-0.2, -0.15) is 9.34 Å². The molecular weight excluding hydrogens is 358 g/mol. The van der Waals surface area contributed by atoms with Crippen molar-refractivity contribution >= 4 is 17.0 Å². The molecule has 2 aliphatic heterocycles. The van der Waals surface area contributed by atoms with Crippen LogP contribution in [0.5, 0.6) is 0 Å². The summed E-state index contributed by atoms with van der Waals surface area (Å²) in [6, 6.07) is 1.83. The van der Waals surface area contributed by atoms with Gasteiger partial charge >= 0.3 is 5.95 Å². The van der Waals surface area contributed by atoms with Crippen LogP contribution in [0.15, 0.2) is 21.8 Å². The number of rotatable bonds is 5. The summed E-state index contributed by atoms with van der Waals surface area (Å²) in [7, 11) is 0. The van der Waals surface area contributed by atoms with Crippen LogP contribution in [0, 0.1) is 12.8 Å². The van der Waals surface area contributed by atoms with E-state index in [1.165, 1.54) is 0 Å². The lowest BCUT2D eigenvalue weighted by Gasteiger charge is -2.33. The summed E-state index contributed by atoms with van der Waals surface area (Å²) >= 11 is 0. The normalized spacial score (nSPS) is 17.6. The summed E-state index contributed by atoms with van der Waals surface area (Å²) < 4.78 is 8.87. The Hall–Kier alpha value is -2.85. The fraction of sp³-hybridized carbons (Fsp3) is 0.500. The van der Waals surface area contributed by atoms with Gasteiger partial charge in [0.15, 0.2) is 5.69 Å². The molecular formula is C18H24N9O+. The van der Waals surface area contributed by atoms with E-state index in [1.54, 1.807) is 4.24 Å². The van der Waals surface area contributed by atoms with Crippen molar-refractivity contribution in [3.8, 4) is 0 Å². The molecule has 0 unspecified atom stereocenters. The number of hydrogen-bond acceptors (Lipinski definition) is 8. The first-order valence-corrected chi connectivity index (χ1v) is 9.68. The number of likely N-dealkylation sites (N-methyl/N-ethyl adjacent to an activating group) is 1. The first-order chi connectivity index (χ1) is 13.6. The Labute approximate surface area is 161 Å². The van der Waals surface area contributed by atoms with Gasteiger partial charge in [0.25, 0.3) is 5.84 Å². The van der Waals surface area contributed by atoms with Crippen LogP contribution in [0.25, 0.3) is 11.0 Å². The molecule has 0 bridgehead atoms. The molecule has 2 N–H and O–H groups in total. The number of hydrogen-bond donors (Lipinski definition) is 1. The van der Waals surface area contributed by atoms with Crippen molar-refractivity contribution in [2.75, 3.05) is 45.0 Å². The zero-order chi connectivity index (χ0) is 19.3. The van der Waals surface area contributed by atoms with Crippen LogP contribution >= 0.6 is 0 Å². The lowest BCUT2D eigenvalue weighted by molar-refractivity contribution is -0.547. The van der Waals surface area contributed by atoms with Gasteiger partial charge in [-0.05, 0) is 13.5 Å². The van der Waals surface area contributed by atoms with Gasteiger partial charge in [-0.3, -0.25) is 4.90 Å². The van der Waals surface area contributed by atoms with E-state index in [0.717, 1.165) is 68.1 Å². The second-order valence-corrected chi connectivity index (χ2v) is 7.27. The number of fused-ring (bicyclic) bond motifs is 3. The minimum atomic E-state index is 0.381. The van der Waals surface area contributed by atoms with Gasteiger partial charge in [0.2, 0.25) is 11.1 Å². The van der Waals surface area contributed by atoms with Crippen LogP contribution in [0.4, 0.5) is 5.95 Å². The standard InChI is InChI=1S/C18H23N9O/c1-3-24-4-6-25(7-5-24)8-9-26-15-13(11-20-26)16-21-17(27(16)18(19)22-15)14-10-12(2)28-23-14/h10-11,19H,3-9H2,1-2H3/p+1. The molecule has 0 saturated carbocycles. The quantitative estimate of drug-likeness (QED) is 0.579. The molecule has 0 aromatic carbocycles. The van der Waals surface area contributed by atoms with Crippen molar-refractivity contribution in [2.45, 2.75) is 20.4 Å². The molecule has 3 aromatic rings. The van der Waals surface area contributed by atoms with Crippen molar-refractivity contribution in [1.82, 2.24) is 29.7 Å². The van der Waals surface area contributed by atoms with Gasteiger partial charge in [-0.25, -0.2) is 4.68 Å². The van der Waals surface area contributed by atoms with Crippen molar-refractivity contribution in [3.63, 3.8) is 0 Å². The molecule has 0 spiro atoms. The Kier molecular flexibility index (Phi) is 4.09. The molecule has 10 heteroatoms. The minimum Gasteiger partial charge on any atom is -0.361 e. The maximum atomic E-state index is 6.23. The molecule has 1 saturated heterocycles. The zero-order valence-corrected chi connectivity index (χ0v) is 16.2. The van der Waals surface area contributed by atoms with Gasteiger partial charge in [-0.15, -0.1) is 9.98 Å². The van der Waals surface area contributed by atoms with E-state index in [4.69, 9.17) is 10.3 Å². The average molecular weight is 382 g/mol. The summed E-state index contributed by atoms with van der Waals surface area (Å²) in [5.41, 5.74) is 8.42. The summed E-state index contributed by atoms with van der Waals surface area (Å²) in [6.07, 6.45) is 1.82. The molecule has 0 amide bonds. The SMILES string of the molecule is CCN1CCN(CCn2ncc3c4[n+](c(N)nc32)=C(c2cc(C)on2)N=4)CC1. The zero-order valence-electron chi connectivity index (χ0n) is 16.2. The number of nitrogens with two attached hydrogens (primary N) is 1. The fourth-order valence-corrected chi connectivity index (χ4v) is 3.84. The van der Waals surface area contributed by atoms with E-state index < -0.39 is 0 Å². The van der Waals surface area contributed by atoms with Crippen LogP contribution in [0.2, 0.25) is 0 Å². The molecule has 3 aromatic heterocycles. The second-order valence-electron chi connectivity index (χ2n) is 7.27. The number of aromatic nitrogens is 5. The predicted molar refractivity (Wildman–Crippen MR) is 101 cm³/mol. The number of nitrogens with zero attached hydrogens (tertiary/aromatic N) is 8. The topological polar surface area (TPSA) is 108 Å². The van der Waals surface area contributed by atoms with Gasteiger partial charge in [-0.1, -0.05) is 12.1 Å². The van der Waals surface area contributed by atoms with Gasteiger partial charge < -0.3 is 15.2 Å². The van der Waals surface area contributed by atoms with Crippen molar-refractivity contribution in [1.29, 1.82) is 0 Å². The van der Waals surface area contributed by atoms with E-state index in [2.05, 4.69) is 37.0 Å². The highest BCUT2D eigenvalue weighted by Crippen LogP contribution is 2.14. The Bertz CT molecular complexity index is 1150. The van der Waals surface area contributed by atoms with E-state index in [9.17, 15) is 0 Å². The Morgan fingerprint density at radius 2 is 1.96 bits per heavy atom. The van der Waals surface area contributed by atoms with Crippen LogP contribution in [0.3, 0.4) is 0 Å². The Morgan fingerprint density at radius 1 is 1.18 bits per heavy atom. The van der Waals surface area contributed by atoms with Crippen LogP contribution in [-0.2, 0) is 6.54 Å². The van der Waals surface area contributed by atoms with Crippen LogP contribution < -0.4 is 15.5 Å². The minimum absolute atomic E-state index is 0.381. The van der Waals surface area contributed by atoms with Crippen molar-refractivity contribution in [3.05, 3.63) is 35.0 Å². The molecule has 1 fully saturated rings. The molecule has 5 heterocycles. The molecule has 2 aliphatic rings. The summed E-state index contributed by atoms with van der Waals surface area (Å²) in [5.74, 6) is 1.76. The highest BCUT2D eigenvalue weighted by atomic mass is 16.5. The van der Waals surface area contributed by atoms with E-state index in [1.807, 2.05) is 23.9 Å². The average Bonchev–Trinajstić information content (AvgIpc) is 3.26. The van der Waals surface area contributed by atoms with E-state index in [-0.39, 0.29) is 0 Å². The highest BCUT2D eigenvalue weighted by molar-refractivity contribution is 5.73.